The van der Waals surface area contributed by atoms with Gasteiger partial charge in [-0.05, 0) is 48.6 Å². The second-order valence-electron chi connectivity index (χ2n) is 5.96. The predicted molar refractivity (Wildman–Crippen MR) is 96.8 cm³/mol. The maximum Gasteiger partial charge on any atom is 0.254 e. The molecule has 0 spiro atoms. The van der Waals surface area contributed by atoms with Crippen molar-refractivity contribution in [3.63, 3.8) is 0 Å². The molecule has 0 aliphatic heterocycles. The van der Waals surface area contributed by atoms with Gasteiger partial charge in [0.15, 0.2) is 0 Å². The van der Waals surface area contributed by atoms with E-state index in [1.54, 1.807) is 6.07 Å². The zero-order valence-corrected chi connectivity index (χ0v) is 14.2. The van der Waals surface area contributed by atoms with Gasteiger partial charge in [0, 0.05) is 23.8 Å². The molecular formula is C19H23ClN2O. The lowest BCUT2D eigenvalue weighted by atomic mass is 10.1. The molecule has 2 aromatic rings. The topological polar surface area (TPSA) is 46.3 Å². The quantitative estimate of drug-likeness (QED) is 0.840. The average molecular weight is 331 g/mol. The van der Waals surface area contributed by atoms with Crippen LogP contribution in [0.2, 0.25) is 0 Å². The van der Waals surface area contributed by atoms with E-state index in [-0.39, 0.29) is 18.3 Å². The minimum atomic E-state index is 0. The SMILES string of the molecule is CCc1ccc(CN(C(=O)c2cccc(N)c2)C2CC2)cc1.Cl. The van der Waals surface area contributed by atoms with Crippen molar-refractivity contribution in [3.05, 3.63) is 65.2 Å². The van der Waals surface area contributed by atoms with E-state index in [0.29, 0.717) is 23.8 Å². The van der Waals surface area contributed by atoms with Gasteiger partial charge in [0.1, 0.15) is 0 Å². The third-order valence-electron chi connectivity index (χ3n) is 4.17. The number of carbonyl (C=O) groups is 1. The van der Waals surface area contributed by atoms with Crippen LogP contribution in [0.3, 0.4) is 0 Å². The predicted octanol–water partition coefficient (Wildman–Crippen LogP) is 4.06. The first kappa shape index (κ1) is 17.4. The first-order chi connectivity index (χ1) is 10.7. The lowest BCUT2D eigenvalue weighted by molar-refractivity contribution is 0.0730. The van der Waals surface area contributed by atoms with Gasteiger partial charge in [-0.25, -0.2) is 0 Å². The van der Waals surface area contributed by atoms with Crippen molar-refractivity contribution in [1.29, 1.82) is 0 Å². The highest BCUT2D eigenvalue weighted by Crippen LogP contribution is 2.30. The van der Waals surface area contributed by atoms with E-state index < -0.39 is 0 Å². The van der Waals surface area contributed by atoms with Crippen molar-refractivity contribution >= 4 is 24.0 Å². The molecule has 4 heteroatoms. The maximum absolute atomic E-state index is 12.8. The van der Waals surface area contributed by atoms with Crippen molar-refractivity contribution in [2.75, 3.05) is 5.73 Å². The Hall–Kier alpha value is -2.00. The van der Waals surface area contributed by atoms with Crippen molar-refractivity contribution in [2.24, 2.45) is 0 Å². The van der Waals surface area contributed by atoms with Gasteiger partial charge < -0.3 is 10.6 Å². The van der Waals surface area contributed by atoms with Crippen LogP contribution in [0.25, 0.3) is 0 Å². The van der Waals surface area contributed by atoms with Crippen LogP contribution in [0.5, 0.6) is 0 Å². The number of nitrogen functional groups attached to an aromatic ring is 1. The van der Waals surface area contributed by atoms with E-state index in [9.17, 15) is 4.79 Å². The molecule has 3 nitrogen and oxygen atoms in total. The Morgan fingerprint density at radius 3 is 2.35 bits per heavy atom. The van der Waals surface area contributed by atoms with Gasteiger partial charge in [-0.2, -0.15) is 0 Å². The summed E-state index contributed by atoms with van der Waals surface area (Å²) in [5, 5.41) is 0. The molecule has 2 aromatic carbocycles. The van der Waals surface area contributed by atoms with Crippen LogP contribution in [0.1, 0.15) is 41.3 Å². The fourth-order valence-corrected chi connectivity index (χ4v) is 2.67. The molecule has 0 unspecified atom stereocenters. The molecule has 1 fully saturated rings. The van der Waals surface area contributed by atoms with Crippen LogP contribution in [0.15, 0.2) is 48.5 Å². The number of aryl methyl sites for hydroxylation is 1. The van der Waals surface area contributed by atoms with Crippen LogP contribution in [0.4, 0.5) is 5.69 Å². The number of nitrogens with zero attached hydrogens (tertiary/aromatic N) is 1. The highest BCUT2D eigenvalue weighted by Gasteiger charge is 2.33. The normalized spacial score (nSPS) is 13.3. The summed E-state index contributed by atoms with van der Waals surface area (Å²) in [5.41, 5.74) is 9.62. The molecule has 3 rings (SSSR count). The van der Waals surface area contributed by atoms with Gasteiger partial charge in [0.2, 0.25) is 0 Å². The molecule has 0 aromatic heterocycles. The molecule has 122 valence electrons. The van der Waals surface area contributed by atoms with E-state index in [4.69, 9.17) is 5.73 Å². The molecule has 1 aliphatic carbocycles. The van der Waals surface area contributed by atoms with Crippen molar-refractivity contribution in [1.82, 2.24) is 4.90 Å². The minimum absolute atomic E-state index is 0. The maximum atomic E-state index is 12.8. The van der Waals surface area contributed by atoms with Crippen molar-refractivity contribution in [3.8, 4) is 0 Å². The van der Waals surface area contributed by atoms with Gasteiger partial charge in [0.25, 0.3) is 5.91 Å². The second-order valence-corrected chi connectivity index (χ2v) is 5.96. The van der Waals surface area contributed by atoms with Crippen LogP contribution in [-0.2, 0) is 13.0 Å². The van der Waals surface area contributed by atoms with Gasteiger partial charge in [0.05, 0.1) is 0 Å². The number of hydrogen-bond donors (Lipinski definition) is 1. The van der Waals surface area contributed by atoms with Gasteiger partial charge in [-0.3, -0.25) is 4.79 Å². The number of rotatable bonds is 5. The Morgan fingerprint density at radius 1 is 1.13 bits per heavy atom. The third kappa shape index (κ3) is 4.26. The Labute approximate surface area is 143 Å². The van der Waals surface area contributed by atoms with Crippen LogP contribution in [0, 0.1) is 0 Å². The molecule has 1 saturated carbocycles. The molecule has 1 aliphatic rings. The first-order valence-electron chi connectivity index (χ1n) is 7.91. The minimum Gasteiger partial charge on any atom is -0.399 e. The van der Waals surface area contributed by atoms with Crippen LogP contribution >= 0.6 is 12.4 Å². The molecule has 23 heavy (non-hydrogen) atoms. The molecule has 0 atom stereocenters. The molecule has 2 N–H and O–H groups in total. The van der Waals surface area contributed by atoms with Crippen LogP contribution < -0.4 is 5.73 Å². The average Bonchev–Trinajstić information content (AvgIpc) is 3.37. The summed E-state index contributed by atoms with van der Waals surface area (Å²) in [6.07, 6.45) is 3.23. The number of nitrogens with two attached hydrogens (primary N) is 1. The number of amides is 1. The fourth-order valence-electron chi connectivity index (χ4n) is 2.67. The highest BCUT2D eigenvalue weighted by molar-refractivity contribution is 5.95. The lowest BCUT2D eigenvalue weighted by Gasteiger charge is -2.23. The second kappa shape index (κ2) is 7.51. The van der Waals surface area contributed by atoms with Gasteiger partial charge in [-0.1, -0.05) is 37.3 Å². The Morgan fingerprint density at radius 2 is 1.78 bits per heavy atom. The summed E-state index contributed by atoms with van der Waals surface area (Å²) >= 11 is 0. The summed E-state index contributed by atoms with van der Waals surface area (Å²) in [6.45, 7) is 2.82. The zero-order chi connectivity index (χ0) is 15.5. The molecule has 0 bridgehead atoms. The van der Waals surface area contributed by atoms with Crippen LogP contribution in [-0.4, -0.2) is 16.8 Å². The lowest BCUT2D eigenvalue weighted by Crippen LogP contribution is -2.32. The van der Waals surface area contributed by atoms with Crippen molar-refractivity contribution in [2.45, 2.75) is 38.8 Å². The van der Waals surface area contributed by atoms with Crippen molar-refractivity contribution < 1.29 is 4.79 Å². The Bertz CT molecular complexity index is 665. The zero-order valence-electron chi connectivity index (χ0n) is 13.4. The summed E-state index contributed by atoms with van der Waals surface area (Å²) in [4.78, 5) is 14.8. The molecule has 0 heterocycles. The Balaban J connectivity index is 0.00000192. The number of anilines is 1. The highest BCUT2D eigenvalue weighted by atomic mass is 35.5. The number of carbonyl (C=O) groups excluding carboxylic acids is 1. The Kier molecular flexibility index (Phi) is 5.67. The molecular weight excluding hydrogens is 308 g/mol. The summed E-state index contributed by atoms with van der Waals surface area (Å²) < 4.78 is 0. The van der Waals surface area contributed by atoms with E-state index in [1.165, 1.54) is 11.1 Å². The number of hydrogen-bond acceptors (Lipinski definition) is 2. The van der Waals surface area contributed by atoms with E-state index in [2.05, 4.69) is 31.2 Å². The van der Waals surface area contributed by atoms with Gasteiger partial charge in [-0.15, -0.1) is 12.4 Å². The summed E-state index contributed by atoms with van der Waals surface area (Å²) in [5.74, 6) is 0.0781. The first-order valence-corrected chi connectivity index (χ1v) is 7.91. The number of halogens is 1. The smallest absolute Gasteiger partial charge is 0.254 e. The third-order valence-corrected chi connectivity index (χ3v) is 4.17. The van der Waals surface area contributed by atoms with E-state index in [0.717, 1.165) is 19.3 Å². The number of benzene rings is 2. The fraction of sp³-hybridized carbons (Fsp3) is 0.316. The summed E-state index contributed by atoms with van der Waals surface area (Å²) in [6, 6.07) is 16.2. The largest absolute Gasteiger partial charge is 0.399 e. The molecule has 1 amide bonds. The van der Waals surface area contributed by atoms with Gasteiger partial charge >= 0.3 is 0 Å². The van der Waals surface area contributed by atoms with E-state index in [1.807, 2.05) is 23.1 Å². The molecule has 0 radical (unpaired) electrons. The van der Waals surface area contributed by atoms with E-state index >= 15 is 0 Å². The monoisotopic (exact) mass is 330 g/mol. The molecule has 0 saturated heterocycles. The standard InChI is InChI=1S/C19H22N2O.ClH/c1-2-14-6-8-15(9-7-14)13-21(18-10-11-18)19(22)16-4-3-5-17(20)12-16;/h3-9,12,18H,2,10-11,13,20H2,1H3;1H. The summed E-state index contributed by atoms with van der Waals surface area (Å²) in [7, 11) is 0.